The number of thiazole rings is 1. The molecule has 1 atom stereocenters. The quantitative estimate of drug-likeness (QED) is 0.877. The molecular formula is C15H20ClN3OS2. The molecule has 1 aliphatic rings. The lowest BCUT2D eigenvalue weighted by Gasteiger charge is -2.21. The smallest absolute Gasteiger partial charge is 0.230 e. The van der Waals surface area contributed by atoms with E-state index in [1.807, 2.05) is 0 Å². The van der Waals surface area contributed by atoms with Crippen LogP contribution in [-0.2, 0) is 4.79 Å². The molecule has 1 unspecified atom stereocenters. The molecule has 2 aromatic heterocycles. The molecule has 0 radical (unpaired) electrons. The van der Waals surface area contributed by atoms with Gasteiger partial charge in [0.15, 0.2) is 5.13 Å². The minimum absolute atomic E-state index is 0. The van der Waals surface area contributed by atoms with Crippen molar-refractivity contribution in [3.8, 4) is 10.6 Å². The number of aromatic nitrogens is 1. The molecule has 3 heterocycles. The van der Waals surface area contributed by atoms with Gasteiger partial charge in [-0.25, -0.2) is 4.98 Å². The molecule has 120 valence electrons. The van der Waals surface area contributed by atoms with Gasteiger partial charge in [0.2, 0.25) is 5.91 Å². The fourth-order valence-corrected chi connectivity index (χ4v) is 4.33. The van der Waals surface area contributed by atoms with Crippen molar-refractivity contribution in [2.45, 2.75) is 26.7 Å². The van der Waals surface area contributed by atoms with Crippen molar-refractivity contribution in [2.24, 2.45) is 5.92 Å². The first-order valence-electron chi connectivity index (χ1n) is 7.19. The number of piperidine rings is 1. The standard InChI is InChI=1S/C15H19N3OS2.ClH/c1-9-5-6-12(20-9)13-10(2)21-15(17-13)18-14(19)11-4-3-7-16-8-11;/h5-6,11,16H,3-4,7-8H2,1-2H3,(H,17,18,19);1H. The Bertz CT molecular complexity index is 647. The van der Waals surface area contributed by atoms with E-state index in [0.29, 0.717) is 5.13 Å². The lowest BCUT2D eigenvalue weighted by Crippen LogP contribution is -2.37. The van der Waals surface area contributed by atoms with Gasteiger partial charge in [0.25, 0.3) is 0 Å². The second-order valence-electron chi connectivity index (χ2n) is 5.37. The minimum atomic E-state index is 0. The number of hydrogen-bond donors (Lipinski definition) is 2. The zero-order valence-corrected chi connectivity index (χ0v) is 15.1. The zero-order valence-electron chi connectivity index (χ0n) is 12.6. The molecule has 3 rings (SSSR count). The summed E-state index contributed by atoms with van der Waals surface area (Å²) in [5.74, 6) is 0.153. The van der Waals surface area contributed by atoms with Gasteiger partial charge in [0.05, 0.1) is 16.5 Å². The summed E-state index contributed by atoms with van der Waals surface area (Å²) < 4.78 is 0. The molecule has 0 saturated carbocycles. The number of anilines is 1. The molecule has 1 aliphatic heterocycles. The van der Waals surface area contributed by atoms with Crippen LogP contribution in [0.5, 0.6) is 0 Å². The molecule has 2 N–H and O–H groups in total. The highest BCUT2D eigenvalue weighted by molar-refractivity contribution is 7.18. The second-order valence-corrected chi connectivity index (χ2v) is 7.86. The van der Waals surface area contributed by atoms with Crippen LogP contribution in [0.1, 0.15) is 22.6 Å². The fraction of sp³-hybridized carbons (Fsp3) is 0.467. The maximum absolute atomic E-state index is 12.2. The number of rotatable bonds is 3. The average Bonchev–Trinajstić information content (AvgIpc) is 3.06. The molecule has 7 heteroatoms. The molecule has 0 spiro atoms. The molecule has 1 saturated heterocycles. The maximum atomic E-state index is 12.2. The summed E-state index contributed by atoms with van der Waals surface area (Å²) in [4.78, 5) is 20.4. The summed E-state index contributed by atoms with van der Waals surface area (Å²) in [5, 5.41) is 6.97. The molecule has 22 heavy (non-hydrogen) atoms. The average molecular weight is 358 g/mol. The van der Waals surface area contributed by atoms with Crippen molar-refractivity contribution in [3.63, 3.8) is 0 Å². The summed E-state index contributed by atoms with van der Waals surface area (Å²) >= 11 is 3.29. The minimum Gasteiger partial charge on any atom is -0.316 e. The highest BCUT2D eigenvalue weighted by Gasteiger charge is 2.22. The van der Waals surface area contributed by atoms with Gasteiger partial charge in [-0.2, -0.15) is 0 Å². The van der Waals surface area contributed by atoms with Gasteiger partial charge in [-0.05, 0) is 45.4 Å². The first-order valence-corrected chi connectivity index (χ1v) is 8.82. The number of thiophene rings is 1. The van der Waals surface area contributed by atoms with Crippen molar-refractivity contribution >= 4 is 46.1 Å². The van der Waals surface area contributed by atoms with Crippen LogP contribution in [0.3, 0.4) is 0 Å². The third-order valence-electron chi connectivity index (χ3n) is 3.67. The van der Waals surface area contributed by atoms with E-state index in [4.69, 9.17) is 0 Å². The summed E-state index contributed by atoms with van der Waals surface area (Å²) in [6.07, 6.45) is 2.02. The molecule has 0 aliphatic carbocycles. The molecular weight excluding hydrogens is 338 g/mol. The van der Waals surface area contributed by atoms with Gasteiger partial charge in [-0.3, -0.25) is 4.79 Å². The lowest BCUT2D eigenvalue weighted by molar-refractivity contribution is -0.120. The lowest BCUT2D eigenvalue weighted by atomic mass is 9.99. The van der Waals surface area contributed by atoms with E-state index in [-0.39, 0.29) is 24.2 Å². The molecule has 1 amide bonds. The molecule has 0 bridgehead atoms. The first kappa shape index (κ1) is 17.4. The van der Waals surface area contributed by atoms with E-state index in [1.54, 1.807) is 22.7 Å². The van der Waals surface area contributed by atoms with Crippen molar-refractivity contribution in [3.05, 3.63) is 21.9 Å². The van der Waals surface area contributed by atoms with Crippen LogP contribution >= 0.6 is 35.1 Å². The zero-order chi connectivity index (χ0) is 14.8. The van der Waals surface area contributed by atoms with E-state index in [0.717, 1.165) is 36.5 Å². The van der Waals surface area contributed by atoms with E-state index < -0.39 is 0 Å². The summed E-state index contributed by atoms with van der Waals surface area (Å²) in [7, 11) is 0. The number of nitrogens with zero attached hydrogens (tertiary/aromatic N) is 1. The molecule has 0 aromatic carbocycles. The predicted molar refractivity (Wildman–Crippen MR) is 96.4 cm³/mol. The predicted octanol–water partition coefficient (Wildman–Crippen LogP) is 3.85. The van der Waals surface area contributed by atoms with Crippen LogP contribution in [0.15, 0.2) is 12.1 Å². The monoisotopic (exact) mass is 357 g/mol. The first-order chi connectivity index (χ1) is 10.1. The number of carbonyl (C=O) groups excluding carboxylic acids is 1. The number of aryl methyl sites for hydroxylation is 2. The van der Waals surface area contributed by atoms with Gasteiger partial charge in [0.1, 0.15) is 0 Å². The van der Waals surface area contributed by atoms with Crippen LogP contribution in [0.4, 0.5) is 5.13 Å². The summed E-state index contributed by atoms with van der Waals surface area (Å²) in [6, 6.07) is 4.20. The van der Waals surface area contributed by atoms with Gasteiger partial charge in [-0.15, -0.1) is 35.1 Å². The third-order valence-corrected chi connectivity index (χ3v) is 5.56. The van der Waals surface area contributed by atoms with Crippen LogP contribution in [0, 0.1) is 19.8 Å². The second kappa shape index (κ2) is 7.55. The van der Waals surface area contributed by atoms with Gasteiger partial charge in [0, 0.05) is 16.3 Å². The van der Waals surface area contributed by atoms with Crippen LogP contribution < -0.4 is 10.6 Å². The SMILES string of the molecule is Cc1ccc(-c2nc(NC(=O)C3CCCNC3)sc2C)s1.Cl. The number of nitrogens with one attached hydrogen (secondary N) is 2. The number of amides is 1. The van der Waals surface area contributed by atoms with Gasteiger partial charge >= 0.3 is 0 Å². The van der Waals surface area contributed by atoms with E-state index in [9.17, 15) is 4.79 Å². The Morgan fingerprint density at radius 1 is 1.36 bits per heavy atom. The van der Waals surface area contributed by atoms with E-state index in [1.165, 1.54) is 9.75 Å². The van der Waals surface area contributed by atoms with E-state index in [2.05, 4.69) is 41.6 Å². The van der Waals surface area contributed by atoms with Gasteiger partial charge in [-0.1, -0.05) is 0 Å². The Labute approximate surface area is 144 Å². The number of carbonyl (C=O) groups is 1. The summed E-state index contributed by atoms with van der Waals surface area (Å²) in [5.41, 5.74) is 0.996. The Hall–Kier alpha value is -0.950. The largest absolute Gasteiger partial charge is 0.316 e. The Morgan fingerprint density at radius 3 is 2.82 bits per heavy atom. The third kappa shape index (κ3) is 3.87. The number of halogens is 1. The molecule has 1 fully saturated rings. The maximum Gasteiger partial charge on any atom is 0.230 e. The van der Waals surface area contributed by atoms with Crippen molar-refractivity contribution in [1.82, 2.24) is 10.3 Å². The van der Waals surface area contributed by atoms with Crippen molar-refractivity contribution < 1.29 is 4.79 Å². The van der Waals surface area contributed by atoms with Crippen LogP contribution in [-0.4, -0.2) is 24.0 Å². The Kier molecular flexibility index (Phi) is 5.97. The Balaban J connectivity index is 0.00000176. The normalized spacial score (nSPS) is 17.8. The number of hydrogen-bond acceptors (Lipinski definition) is 5. The fourth-order valence-electron chi connectivity index (χ4n) is 2.52. The Morgan fingerprint density at radius 2 is 2.18 bits per heavy atom. The van der Waals surface area contributed by atoms with Crippen LogP contribution in [0.2, 0.25) is 0 Å². The van der Waals surface area contributed by atoms with Crippen LogP contribution in [0.25, 0.3) is 10.6 Å². The summed E-state index contributed by atoms with van der Waals surface area (Å²) in [6.45, 7) is 5.93. The highest BCUT2D eigenvalue weighted by atomic mass is 35.5. The molecule has 2 aromatic rings. The van der Waals surface area contributed by atoms with Crippen molar-refractivity contribution in [1.29, 1.82) is 0 Å². The van der Waals surface area contributed by atoms with Crippen molar-refractivity contribution in [2.75, 3.05) is 18.4 Å². The van der Waals surface area contributed by atoms with Gasteiger partial charge < -0.3 is 10.6 Å². The molecule has 4 nitrogen and oxygen atoms in total. The highest BCUT2D eigenvalue weighted by Crippen LogP contribution is 2.34. The topological polar surface area (TPSA) is 54.0 Å². The van der Waals surface area contributed by atoms with E-state index >= 15 is 0 Å².